The predicted molar refractivity (Wildman–Crippen MR) is 75.9 cm³/mol. The number of carbonyl (C=O) groups excluding carboxylic acids is 2. The Morgan fingerprint density at radius 1 is 1.19 bits per heavy atom. The van der Waals surface area contributed by atoms with Gasteiger partial charge in [0.2, 0.25) is 0 Å². The van der Waals surface area contributed by atoms with Crippen LogP contribution in [0.4, 0.5) is 0 Å². The second kappa shape index (κ2) is 8.31. The Labute approximate surface area is 124 Å². The van der Waals surface area contributed by atoms with E-state index in [1.165, 1.54) is 7.11 Å². The molecule has 1 aromatic rings. The van der Waals surface area contributed by atoms with E-state index in [1.54, 1.807) is 31.9 Å². The van der Waals surface area contributed by atoms with Crippen LogP contribution in [0.15, 0.2) is 6.07 Å². The van der Waals surface area contributed by atoms with Gasteiger partial charge in [0.15, 0.2) is 0 Å². The molecule has 1 heterocycles. The molecule has 0 atom stereocenters. The number of amides is 1. The maximum Gasteiger partial charge on any atom is 0.307 e. The van der Waals surface area contributed by atoms with Crippen molar-refractivity contribution in [2.24, 2.45) is 0 Å². The van der Waals surface area contributed by atoms with Crippen LogP contribution in [0.3, 0.4) is 0 Å². The number of aromatic nitrogens is 2. The van der Waals surface area contributed by atoms with Crippen molar-refractivity contribution in [1.29, 1.82) is 0 Å². The van der Waals surface area contributed by atoms with Gasteiger partial charge in [-0.05, 0) is 19.9 Å². The summed E-state index contributed by atoms with van der Waals surface area (Å²) in [6, 6.07) is 1.70. The fourth-order valence-corrected chi connectivity index (χ4v) is 1.78. The molecule has 0 aromatic carbocycles. The van der Waals surface area contributed by atoms with Gasteiger partial charge in [-0.3, -0.25) is 9.59 Å². The van der Waals surface area contributed by atoms with Gasteiger partial charge in [-0.15, -0.1) is 0 Å². The number of nitrogens with zero attached hydrogens (tertiary/aromatic N) is 3. The third-order valence-corrected chi connectivity index (χ3v) is 3.00. The standard InChI is InChI=1S/C14H21N3O4/c1-10-9-12(11(2)16-15-10)14(19)17(7-8-20-3)6-5-13(18)21-4/h9H,5-8H2,1-4H3. The molecule has 116 valence electrons. The number of ether oxygens (including phenoxy) is 2. The number of hydrogen-bond acceptors (Lipinski definition) is 6. The third-order valence-electron chi connectivity index (χ3n) is 3.00. The molecule has 0 aliphatic heterocycles. The maximum absolute atomic E-state index is 12.6. The molecule has 1 aromatic heterocycles. The van der Waals surface area contributed by atoms with Gasteiger partial charge in [0.25, 0.3) is 5.91 Å². The molecule has 0 fully saturated rings. The Balaban J connectivity index is 2.87. The van der Waals surface area contributed by atoms with Crippen molar-refractivity contribution in [3.63, 3.8) is 0 Å². The van der Waals surface area contributed by atoms with Crippen LogP contribution < -0.4 is 0 Å². The fourth-order valence-electron chi connectivity index (χ4n) is 1.78. The molecule has 0 radical (unpaired) electrons. The van der Waals surface area contributed by atoms with Crippen LogP contribution in [0.25, 0.3) is 0 Å². The topological polar surface area (TPSA) is 81.6 Å². The van der Waals surface area contributed by atoms with E-state index in [4.69, 9.17) is 4.74 Å². The minimum Gasteiger partial charge on any atom is -0.469 e. The average molecular weight is 295 g/mol. The molecule has 0 aliphatic carbocycles. The smallest absolute Gasteiger partial charge is 0.307 e. The highest BCUT2D eigenvalue weighted by molar-refractivity contribution is 5.95. The molecule has 0 saturated heterocycles. The molecule has 0 unspecified atom stereocenters. The minimum absolute atomic E-state index is 0.141. The normalized spacial score (nSPS) is 10.3. The van der Waals surface area contributed by atoms with E-state index in [9.17, 15) is 9.59 Å². The number of aryl methyl sites for hydroxylation is 2. The maximum atomic E-state index is 12.6. The van der Waals surface area contributed by atoms with Crippen molar-refractivity contribution in [2.45, 2.75) is 20.3 Å². The number of methoxy groups -OCH3 is 2. The van der Waals surface area contributed by atoms with Crippen LogP contribution in [0.2, 0.25) is 0 Å². The number of carbonyl (C=O) groups is 2. The largest absolute Gasteiger partial charge is 0.469 e. The zero-order valence-electron chi connectivity index (χ0n) is 12.9. The van der Waals surface area contributed by atoms with E-state index in [0.717, 1.165) is 0 Å². The lowest BCUT2D eigenvalue weighted by molar-refractivity contribution is -0.140. The van der Waals surface area contributed by atoms with Gasteiger partial charge in [-0.25, -0.2) is 0 Å². The molecule has 0 aliphatic rings. The number of esters is 1. The van der Waals surface area contributed by atoms with Gasteiger partial charge in [0, 0.05) is 20.2 Å². The zero-order chi connectivity index (χ0) is 15.8. The third kappa shape index (κ3) is 5.11. The van der Waals surface area contributed by atoms with Gasteiger partial charge in [-0.1, -0.05) is 0 Å². The number of rotatable bonds is 7. The van der Waals surface area contributed by atoms with Crippen molar-refractivity contribution in [3.05, 3.63) is 23.0 Å². The predicted octanol–water partition coefficient (Wildman–Crippen LogP) is 0.745. The summed E-state index contributed by atoms with van der Waals surface area (Å²) >= 11 is 0. The van der Waals surface area contributed by atoms with Crippen LogP contribution in [-0.4, -0.2) is 60.9 Å². The highest BCUT2D eigenvalue weighted by atomic mass is 16.5. The molecule has 1 rings (SSSR count). The van der Waals surface area contributed by atoms with E-state index >= 15 is 0 Å². The van der Waals surface area contributed by atoms with Gasteiger partial charge in [0.05, 0.1) is 37.1 Å². The highest BCUT2D eigenvalue weighted by Crippen LogP contribution is 2.10. The van der Waals surface area contributed by atoms with Crippen LogP contribution in [0.5, 0.6) is 0 Å². The number of hydrogen-bond donors (Lipinski definition) is 0. The molecule has 1 amide bonds. The van der Waals surface area contributed by atoms with Crippen molar-refractivity contribution in [3.8, 4) is 0 Å². The van der Waals surface area contributed by atoms with Gasteiger partial charge in [-0.2, -0.15) is 10.2 Å². The summed E-state index contributed by atoms with van der Waals surface area (Å²) in [5.74, 6) is -0.544. The second-order valence-corrected chi connectivity index (χ2v) is 4.60. The summed E-state index contributed by atoms with van der Waals surface area (Å²) in [5.41, 5.74) is 1.72. The Bertz CT molecular complexity index is 505. The average Bonchev–Trinajstić information content (AvgIpc) is 2.48. The summed E-state index contributed by atoms with van der Waals surface area (Å²) in [4.78, 5) is 25.4. The van der Waals surface area contributed by atoms with Crippen molar-refractivity contribution >= 4 is 11.9 Å². The van der Waals surface area contributed by atoms with Gasteiger partial charge < -0.3 is 14.4 Å². The highest BCUT2D eigenvalue weighted by Gasteiger charge is 2.19. The van der Waals surface area contributed by atoms with E-state index in [-0.39, 0.29) is 24.8 Å². The van der Waals surface area contributed by atoms with Crippen molar-refractivity contribution in [1.82, 2.24) is 15.1 Å². The van der Waals surface area contributed by atoms with Crippen LogP contribution in [-0.2, 0) is 14.3 Å². The Kier molecular flexibility index (Phi) is 6.74. The lowest BCUT2D eigenvalue weighted by atomic mass is 10.1. The Hall–Kier alpha value is -2.02. The molecule has 7 nitrogen and oxygen atoms in total. The van der Waals surface area contributed by atoms with E-state index < -0.39 is 0 Å². The minimum atomic E-state index is -0.356. The fraction of sp³-hybridized carbons (Fsp3) is 0.571. The molecule has 21 heavy (non-hydrogen) atoms. The Morgan fingerprint density at radius 2 is 1.90 bits per heavy atom. The molecule has 0 saturated carbocycles. The van der Waals surface area contributed by atoms with E-state index in [0.29, 0.717) is 30.1 Å². The van der Waals surface area contributed by atoms with Crippen molar-refractivity contribution in [2.75, 3.05) is 33.9 Å². The summed E-state index contributed by atoms with van der Waals surface area (Å²) in [7, 11) is 2.89. The molecule has 0 bridgehead atoms. The van der Waals surface area contributed by atoms with E-state index in [2.05, 4.69) is 14.9 Å². The molecule has 0 N–H and O–H groups in total. The lowest BCUT2D eigenvalue weighted by Crippen LogP contribution is -2.36. The van der Waals surface area contributed by atoms with Crippen LogP contribution in [0.1, 0.15) is 28.2 Å². The van der Waals surface area contributed by atoms with Gasteiger partial charge >= 0.3 is 5.97 Å². The van der Waals surface area contributed by atoms with Crippen LogP contribution >= 0.6 is 0 Å². The summed E-state index contributed by atoms with van der Waals surface area (Å²) < 4.78 is 9.61. The lowest BCUT2D eigenvalue weighted by Gasteiger charge is -2.22. The molecule has 0 spiro atoms. The quantitative estimate of drug-likeness (QED) is 0.690. The summed E-state index contributed by atoms with van der Waals surface area (Å²) in [6.07, 6.45) is 0.141. The Morgan fingerprint density at radius 3 is 2.52 bits per heavy atom. The van der Waals surface area contributed by atoms with Crippen LogP contribution in [0, 0.1) is 13.8 Å². The summed E-state index contributed by atoms with van der Waals surface area (Å²) in [5, 5.41) is 7.86. The SMILES string of the molecule is COCCN(CCC(=O)OC)C(=O)c1cc(C)nnc1C. The summed E-state index contributed by atoms with van der Waals surface area (Å²) in [6.45, 7) is 4.57. The van der Waals surface area contributed by atoms with E-state index in [1.807, 2.05) is 0 Å². The van der Waals surface area contributed by atoms with Gasteiger partial charge in [0.1, 0.15) is 0 Å². The second-order valence-electron chi connectivity index (χ2n) is 4.60. The first-order valence-electron chi connectivity index (χ1n) is 6.65. The first-order valence-corrected chi connectivity index (χ1v) is 6.65. The molecular formula is C14H21N3O4. The zero-order valence-corrected chi connectivity index (χ0v) is 12.9. The van der Waals surface area contributed by atoms with Crippen molar-refractivity contribution < 1.29 is 19.1 Å². The molecule has 7 heteroatoms. The first-order chi connectivity index (χ1) is 9.99. The molecular weight excluding hydrogens is 274 g/mol. The first kappa shape index (κ1) is 17.0. The monoisotopic (exact) mass is 295 g/mol.